The Morgan fingerprint density at radius 2 is 2.00 bits per heavy atom. The first kappa shape index (κ1) is 18.9. The number of benzene rings is 1. The molecule has 142 valence electrons. The molecule has 1 amide bonds. The third-order valence-corrected chi connectivity index (χ3v) is 5.24. The number of aryl methyl sites for hydroxylation is 2. The molecule has 0 aliphatic heterocycles. The molecule has 0 saturated heterocycles. The highest BCUT2D eigenvalue weighted by atomic mass is 32.2. The standard InChI is InChI=1S/C17H20FN7OS/c1-9-14(10(2)24(4)23-9)20-16(26)11(3)27-17-22-21-15(25(17)19)12-7-5-6-8-13(12)18/h5-8,11H,19H2,1-4H3,(H,20,26)/t11-/m1/s1. The Hall–Kier alpha value is -2.88. The van der Waals surface area contributed by atoms with Gasteiger partial charge in [0.2, 0.25) is 11.1 Å². The van der Waals surface area contributed by atoms with Gasteiger partial charge in [-0.1, -0.05) is 23.9 Å². The number of anilines is 1. The van der Waals surface area contributed by atoms with Gasteiger partial charge < -0.3 is 11.2 Å². The number of halogens is 1. The van der Waals surface area contributed by atoms with E-state index in [4.69, 9.17) is 5.84 Å². The number of rotatable bonds is 5. The molecule has 1 aromatic carbocycles. The third-order valence-electron chi connectivity index (χ3n) is 4.19. The lowest BCUT2D eigenvalue weighted by Gasteiger charge is -2.12. The molecular formula is C17H20FN7OS. The number of nitrogens with one attached hydrogen (secondary N) is 1. The van der Waals surface area contributed by atoms with Crippen molar-refractivity contribution >= 4 is 23.4 Å². The molecule has 0 aliphatic rings. The summed E-state index contributed by atoms with van der Waals surface area (Å²) in [4.78, 5) is 12.5. The summed E-state index contributed by atoms with van der Waals surface area (Å²) >= 11 is 1.14. The Labute approximate surface area is 159 Å². The molecule has 0 aliphatic carbocycles. The Balaban J connectivity index is 1.76. The van der Waals surface area contributed by atoms with Gasteiger partial charge in [0.05, 0.1) is 27.9 Å². The number of hydrogen-bond donors (Lipinski definition) is 2. The highest BCUT2D eigenvalue weighted by molar-refractivity contribution is 8.00. The van der Waals surface area contributed by atoms with Gasteiger partial charge >= 0.3 is 0 Å². The molecule has 3 N–H and O–H groups in total. The van der Waals surface area contributed by atoms with E-state index in [9.17, 15) is 9.18 Å². The Morgan fingerprint density at radius 1 is 1.30 bits per heavy atom. The van der Waals surface area contributed by atoms with Crippen molar-refractivity contribution in [1.82, 2.24) is 24.7 Å². The second-order valence-corrected chi connectivity index (χ2v) is 7.38. The lowest BCUT2D eigenvalue weighted by atomic mass is 10.2. The normalized spacial score (nSPS) is 12.2. The van der Waals surface area contributed by atoms with Crippen LogP contribution >= 0.6 is 11.8 Å². The smallest absolute Gasteiger partial charge is 0.237 e. The molecule has 2 aromatic heterocycles. The SMILES string of the molecule is Cc1nn(C)c(C)c1NC(=O)[C@@H](C)Sc1nnc(-c2ccccc2F)n1N. The first-order valence-electron chi connectivity index (χ1n) is 8.22. The van der Waals surface area contributed by atoms with E-state index in [1.165, 1.54) is 10.7 Å². The Bertz CT molecular complexity index is 997. The largest absolute Gasteiger partial charge is 0.335 e. The van der Waals surface area contributed by atoms with Crippen molar-refractivity contribution in [2.45, 2.75) is 31.2 Å². The number of aromatic nitrogens is 5. The number of nitrogens with two attached hydrogens (primary N) is 1. The molecule has 3 rings (SSSR count). The molecule has 0 spiro atoms. The number of hydrogen-bond acceptors (Lipinski definition) is 6. The van der Waals surface area contributed by atoms with Gasteiger partial charge in [-0.25, -0.2) is 9.07 Å². The molecule has 0 unspecified atom stereocenters. The monoisotopic (exact) mass is 389 g/mol. The quantitative estimate of drug-likeness (QED) is 0.512. The first-order valence-corrected chi connectivity index (χ1v) is 9.10. The van der Waals surface area contributed by atoms with Crippen LogP contribution in [0.4, 0.5) is 10.1 Å². The number of thioether (sulfide) groups is 1. The van der Waals surface area contributed by atoms with Crippen molar-refractivity contribution in [3.8, 4) is 11.4 Å². The Kier molecular flexibility index (Phi) is 5.17. The van der Waals surface area contributed by atoms with Crippen LogP contribution in [0.2, 0.25) is 0 Å². The van der Waals surface area contributed by atoms with Gasteiger partial charge in [-0.2, -0.15) is 5.10 Å². The molecule has 0 fully saturated rings. The van der Waals surface area contributed by atoms with Crippen molar-refractivity contribution < 1.29 is 9.18 Å². The molecule has 0 bridgehead atoms. The second-order valence-electron chi connectivity index (χ2n) is 6.07. The fraction of sp³-hybridized carbons (Fsp3) is 0.294. The molecule has 27 heavy (non-hydrogen) atoms. The molecule has 3 aromatic rings. The van der Waals surface area contributed by atoms with Crippen molar-refractivity contribution in [3.05, 3.63) is 41.5 Å². The van der Waals surface area contributed by atoms with Crippen LogP contribution in [-0.4, -0.2) is 35.8 Å². The maximum absolute atomic E-state index is 14.0. The van der Waals surface area contributed by atoms with Crippen LogP contribution in [0.1, 0.15) is 18.3 Å². The number of carbonyl (C=O) groups is 1. The zero-order chi connectivity index (χ0) is 19.7. The number of amides is 1. The molecular weight excluding hydrogens is 369 g/mol. The van der Waals surface area contributed by atoms with E-state index in [1.54, 1.807) is 29.8 Å². The second kappa shape index (κ2) is 7.39. The van der Waals surface area contributed by atoms with E-state index in [-0.39, 0.29) is 17.3 Å². The van der Waals surface area contributed by atoms with Crippen molar-refractivity contribution in [2.75, 3.05) is 11.2 Å². The van der Waals surface area contributed by atoms with Gasteiger partial charge in [0, 0.05) is 7.05 Å². The van der Waals surface area contributed by atoms with Crippen molar-refractivity contribution in [1.29, 1.82) is 0 Å². The zero-order valence-corrected chi connectivity index (χ0v) is 16.2. The molecule has 2 heterocycles. The molecule has 0 radical (unpaired) electrons. The third kappa shape index (κ3) is 3.65. The van der Waals surface area contributed by atoms with Crippen LogP contribution in [0.15, 0.2) is 29.4 Å². The lowest BCUT2D eigenvalue weighted by Crippen LogP contribution is -2.24. The van der Waals surface area contributed by atoms with Crippen LogP contribution < -0.4 is 11.2 Å². The van der Waals surface area contributed by atoms with Crippen LogP contribution in [0.25, 0.3) is 11.4 Å². The van der Waals surface area contributed by atoms with E-state index in [1.807, 2.05) is 20.9 Å². The minimum Gasteiger partial charge on any atom is -0.335 e. The van der Waals surface area contributed by atoms with E-state index in [2.05, 4.69) is 20.6 Å². The molecule has 10 heteroatoms. The summed E-state index contributed by atoms with van der Waals surface area (Å²) < 4.78 is 16.9. The van der Waals surface area contributed by atoms with Gasteiger partial charge in [0.25, 0.3) is 0 Å². The average Bonchev–Trinajstić information content (AvgIpc) is 3.10. The van der Waals surface area contributed by atoms with Crippen LogP contribution in [0.3, 0.4) is 0 Å². The lowest BCUT2D eigenvalue weighted by molar-refractivity contribution is -0.115. The number of nitrogen functional groups attached to an aromatic ring is 1. The summed E-state index contributed by atoms with van der Waals surface area (Å²) in [6.45, 7) is 5.45. The van der Waals surface area contributed by atoms with Crippen molar-refractivity contribution in [3.63, 3.8) is 0 Å². The van der Waals surface area contributed by atoms with E-state index in [0.29, 0.717) is 10.8 Å². The first-order chi connectivity index (χ1) is 12.8. The highest BCUT2D eigenvalue weighted by Gasteiger charge is 2.22. The van der Waals surface area contributed by atoms with Crippen LogP contribution in [-0.2, 0) is 11.8 Å². The van der Waals surface area contributed by atoms with Gasteiger partial charge in [-0.15, -0.1) is 10.2 Å². The van der Waals surface area contributed by atoms with E-state index >= 15 is 0 Å². The molecule has 1 atom stereocenters. The molecule has 0 saturated carbocycles. The predicted octanol–water partition coefficient (Wildman–Crippen LogP) is 2.27. The summed E-state index contributed by atoms with van der Waals surface area (Å²) in [5.41, 5.74) is 2.54. The van der Waals surface area contributed by atoms with Gasteiger partial charge in [0.1, 0.15) is 5.82 Å². The average molecular weight is 389 g/mol. The van der Waals surface area contributed by atoms with Gasteiger partial charge in [-0.05, 0) is 32.9 Å². The zero-order valence-electron chi connectivity index (χ0n) is 15.4. The number of carbonyl (C=O) groups excluding carboxylic acids is 1. The maximum Gasteiger partial charge on any atom is 0.237 e. The van der Waals surface area contributed by atoms with Gasteiger partial charge in [0.15, 0.2) is 5.82 Å². The summed E-state index contributed by atoms with van der Waals surface area (Å²) in [5.74, 6) is 5.56. The van der Waals surface area contributed by atoms with Crippen LogP contribution in [0.5, 0.6) is 0 Å². The molecule has 8 nitrogen and oxygen atoms in total. The summed E-state index contributed by atoms with van der Waals surface area (Å²) in [6.07, 6.45) is 0. The minimum absolute atomic E-state index is 0.196. The van der Waals surface area contributed by atoms with Gasteiger partial charge in [-0.3, -0.25) is 9.48 Å². The summed E-state index contributed by atoms with van der Waals surface area (Å²) in [7, 11) is 1.82. The fourth-order valence-corrected chi connectivity index (χ4v) is 3.34. The topological polar surface area (TPSA) is 104 Å². The fourth-order valence-electron chi connectivity index (χ4n) is 2.57. The number of nitrogens with zero attached hydrogens (tertiary/aromatic N) is 5. The van der Waals surface area contributed by atoms with Crippen LogP contribution in [0, 0.1) is 19.7 Å². The minimum atomic E-state index is -0.496. The maximum atomic E-state index is 14.0. The highest BCUT2D eigenvalue weighted by Crippen LogP contribution is 2.27. The predicted molar refractivity (Wildman–Crippen MR) is 102 cm³/mol. The van der Waals surface area contributed by atoms with E-state index < -0.39 is 11.1 Å². The van der Waals surface area contributed by atoms with Crippen molar-refractivity contribution in [2.24, 2.45) is 7.05 Å². The summed E-state index contributed by atoms with van der Waals surface area (Å²) in [6, 6.07) is 6.17. The van der Waals surface area contributed by atoms with E-state index in [0.717, 1.165) is 23.1 Å². The summed E-state index contributed by atoms with van der Waals surface area (Å²) in [5, 5.41) is 14.9. The Morgan fingerprint density at radius 3 is 2.63 bits per heavy atom.